The van der Waals surface area contributed by atoms with Crippen molar-refractivity contribution in [3.63, 3.8) is 0 Å². The van der Waals surface area contributed by atoms with Crippen LogP contribution in [-0.2, 0) is 11.2 Å². The Morgan fingerprint density at radius 3 is 2.41 bits per heavy atom. The van der Waals surface area contributed by atoms with E-state index in [1.165, 1.54) is 5.56 Å². The van der Waals surface area contributed by atoms with Gasteiger partial charge in [-0.05, 0) is 17.2 Å². The zero-order valence-electron chi connectivity index (χ0n) is 9.41. The number of aromatic hydroxyl groups is 1. The van der Waals surface area contributed by atoms with Gasteiger partial charge in [0.15, 0.2) is 0 Å². The third kappa shape index (κ3) is 2.17. The van der Waals surface area contributed by atoms with E-state index >= 15 is 0 Å². The molecule has 2 nitrogen and oxygen atoms in total. The monoisotopic (exact) mass is 226 g/mol. The first-order chi connectivity index (χ1) is 8.34. The Morgan fingerprint density at radius 1 is 0.941 bits per heavy atom. The standard InChI is InChI=1S/C15H14O2/c16-13-9-5-4-8-12(13)10-14-15(17-14)11-6-2-1-3-7-11/h1-9,14-16H,10H2/t14-,15-/m0/s1. The van der Waals surface area contributed by atoms with Crippen molar-refractivity contribution in [1.29, 1.82) is 0 Å². The highest BCUT2D eigenvalue weighted by Gasteiger charge is 2.40. The summed E-state index contributed by atoms with van der Waals surface area (Å²) in [7, 11) is 0. The van der Waals surface area contributed by atoms with Crippen LogP contribution in [-0.4, -0.2) is 11.2 Å². The van der Waals surface area contributed by atoms with Crippen molar-refractivity contribution in [2.24, 2.45) is 0 Å². The van der Waals surface area contributed by atoms with E-state index < -0.39 is 0 Å². The van der Waals surface area contributed by atoms with Crippen LogP contribution in [0.25, 0.3) is 0 Å². The summed E-state index contributed by atoms with van der Waals surface area (Å²) in [4.78, 5) is 0. The minimum Gasteiger partial charge on any atom is -0.508 e. The van der Waals surface area contributed by atoms with Gasteiger partial charge < -0.3 is 9.84 Å². The number of ether oxygens (including phenoxy) is 1. The Bertz CT molecular complexity index is 507. The molecule has 3 rings (SSSR count). The maximum atomic E-state index is 9.69. The van der Waals surface area contributed by atoms with Gasteiger partial charge in [0, 0.05) is 6.42 Å². The van der Waals surface area contributed by atoms with Crippen LogP contribution in [0.15, 0.2) is 54.6 Å². The average Bonchev–Trinajstić information content (AvgIpc) is 3.13. The van der Waals surface area contributed by atoms with Gasteiger partial charge in [-0.3, -0.25) is 0 Å². The fraction of sp³-hybridized carbons (Fsp3) is 0.200. The molecule has 1 saturated heterocycles. The van der Waals surface area contributed by atoms with Crippen LogP contribution >= 0.6 is 0 Å². The highest BCUT2D eigenvalue weighted by atomic mass is 16.6. The second-order valence-electron chi connectivity index (χ2n) is 4.34. The molecule has 0 aliphatic carbocycles. The van der Waals surface area contributed by atoms with E-state index in [0.29, 0.717) is 5.75 Å². The third-order valence-electron chi connectivity index (χ3n) is 3.12. The van der Waals surface area contributed by atoms with Crippen LogP contribution in [0, 0.1) is 0 Å². The second-order valence-corrected chi connectivity index (χ2v) is 4.34. The lowest BCUT2D eigenvalue weighted by molar-refractivity contribution is 0.370. The summed E-state index contributed by atoms with van der Waals surface area (Å²) in [6.45, 7) is 0. The van der Waals surface area contributed by atoms with Gasteiger partial charge in [0.2, 0.25) is 0 Å². The van der Waals surface area contributed by atoms with Gasteiger partial charge in [0.05, 0.1) is 6.10 Å². The SMILES string of the molecule is Oc1ccccc1C[C@@H]1O[C@H]1c1ccccc1. The summed E-state index contributed by atoms with van der Waals surface area (Å²) in [6.07, 6.45) is 1.16. The van der Waals surface area contributed by atoms with E-state index in [0.717, 1.165) is 12.0 Å². The molecular weight excluding hydrogens is 212 g/mol. The van der Waals surface area contributed by atoms with Crippen molar-refractivity contribution >= 4 is 0 Å². The number of epoxide rings is 1. The first-order valence-electron chi connectivity index (χ1n) is 5.82. The first-order valence-corrected chi connectivity index (χ1v) is 5.82. The fourth-order valence-electron chi connectivity index (χ4n) is 2.13. The van der Waals surface area contributed by atoms with Crippen LogP contribution in [0.5, 0.6) is 5.75 Å². The maximum absolute atomic E-state index is 9.69. The third-order valence-corrected chi connectivity index (χ3v) is 3.12. The lowest BCUT2D eigenvalue weighted by Crippen LogP contribution is -1.95. The Morgan fingerprint density at radius 2 is 1.65 bits per heavy atom. The van der Waals surface area contributed by atoms with Crippen molar-refractivity contribution < 1.29 is 9.84 Å². The van der Waals surface area contributed by atoms with Gasteiger partial charge in [-0.25, -0.2) is 0 Å². The lowest BCUT2D eigenvalue weighted by atomic mass is 10.0. The molecule has 1 fully saturated rings. The molecule has 0 spiro atoms. The highest BCUT2D eigenvalue weighted by Crippen LogP contribution is 2.41. The molecule has 0 amide bonds. The number of hydrogen-bond donors (Lipinski definition) is 1. The summed E-state index contributed by atoms with van der Waals surface area (Å²) in [5.74, 6) is 0.356. The molecule has 2 heteroatoms. The number of para-hydroxylation sites is 1. The van der Waals surface area contributed by atoms with Gasteiger partial charge in [-0.1, -0.05) is 48.5 Å². The van der Waals surface area contributed by atoms with E-state index in [1.807, 2.05) is 36.4 Å². The second kappa shape index (κ2) is 4.22. The minimum absolute atomic E-state index is 0.191. The molecule has 2 aromatic rings. The zero-order valence-corrected chi connectivity index (χ0v) is 9.41. The number of hydrogen-bond acceptors (Lipinski definition) is 2. The molecule has 0 unspecified atom stereocenters. The van der Waals surface area contributed by atoms with E-state index in [2.05, 4.69) is 12.1 Å². The van der Waals surface area contributed by atoms with Crippen molar-refractivity contribution in [3.8, 4) is 5.75 Å². The van der Waals surface area contributed by atoms with Crippen molar-refractivity contribution in [1.82, 2.24) is 0 Å². The maximum Gasteiger partial charge on any atom is 0.118 e. The number of benzene rings is 2. The average molecular weight is 226 g/mol. The Labute approximate surface area is 100 Å². The molecule has 0 saturated carbocycles. The van der Waals surface area contributed by atoms with Crippen molar-refractivity contribution in [2.45, 2.75) is 18.6 Å². The Balaban J connectivity index is 1.69. The Hall–Kier alpha value is -1.80. The van der Waals surface area contributed by atoms with Gasteiger partial charge in [-0.2, -0.15) is 0 Å². The van der Waals surface area contributed by atoms with Crippen molar-refractivity contribution in [3.05, 3.63) is 65.7 Å². The smallest absolute Gasteiger partial charge is 0.118 e. The molecular formula is C15H14O2. The molecule has 0 aromatic heterocycles. The lowest BCUT2D eigenvalue weighted by Gasteiger charge is -2.01. The molecule has 0 radical (unpaired) electrons. The summed E-state index contributed by atoms with van der Waals surface area (Å²) in [5, 5.41) is 9.69. The summed E-state index contributed by atoms with van der Waals surface area (Å²) in [5.41, 5.74) is 2.17. The fourth-order valence-corrected chi connectivity index (χ4v) is 2.13. The molecule has 1 aliphatic rings. The van der Waals surface area contributed by atoms with E-state index in [4.69, 9.17) is 4.74 Å². The molecule has 2 aromatic carbocycles. The zero-order chi connectivity index (χ0) is 11.7. The molecule has 17 heavy (non-hydrogen) atoms. The van der Waals surface area contributed by atoms with E-state index in [1.54, 1.807) is 6.07 Å². The van der Waals surface area contributed by atoms with Gasteiger partial charge in [0.1, 0.15) is 11.9 Å². The van der Waals surface area contributed by atoms with E-state index in [9.17, 15) is 5.11 Å². The van der Waals surface area contributed by atoms with E-state index in [-0.39, 0.29) is 12.2 Å². The topological polar surface area (TPSA) is 32.8 Å². The molecule has 2 atom stereocenters. The normalized spacial score (nSPS) is 22.4. The van der Waals surface area contributed by atoms with Crippen LogP contribution < -0.4 is 0 Å². The predicted octanol–water partition coefficient (Wildman–Crippen LogP) is 3.07. The summed E-state index contributed by atoms with van der Waals surface area (Å²) >= 11 is 0. The number of phenolic OH excluding ortho intramolecular Hbond substituents is 1. The summed E-state index contributed by atoms with van der Waals surface area (Å²) in [6, 6.07) is 17.6. The van der Waals surface area contributed by atoms with Gasteiger partial charge >= 0.3 is 0 Å². The molecule has 1 heterocycles. The van der Waals surface area contributed by atoms with Crippen molar-refractivity contribution in [2.75, 3.05) is 0 Å². The van der Waals surface area contributed by atoms with Crippen LogP contribution in [0.4, 0.5) is 0 Å². The first kappa shape index (κ1) is 10.4. The van der Waals surface area contributed by atoms with Crippen LogP contribution in [0.3, 0.4) is 0 Å². The number of rotatable bonds is 3. The van der Waals surface area contributed by atoms with Crippen LogP contribution in [0.1, 0.15) is 17.2 Å². The quantitative estimate of drug-likeness (QED) is 0.816. The van der Waals surface area contributed by atoms with Gasteiger partial charge in [0.25, 0.3) is 0 Å². The molecule has 0 bridgehead atoms. The highest BCUT2D eigenvalue weighted by molar-refractivity contribution is 5.34. The number of phenols is 1. The molecule has 86 valence electrons. The Kier molecular flexibility index (Phi) is 2.57. The van der Waals surface area contributed by atoms with Crippen LogP contribution in [0.2, 0.25) is 0 Å². The van der Waals surface area contributed by atoms with Gasteiger partial charge in [-0.15, -0.1) is 0 Å². The minimum atomic E-state index is 0.191. The predicted molar refractivity (Wildman–Crippen MR) is 65.9 cm³/mol. The summed E-state index contributed by atoms with van der Waals surface area (Å²) < 4.78 is 5.65. The molecule has 1 N–H and O–H groups in total. The largest absolute Gasteiger partial charge is 0.508 e. The molecule has 1 aliphatic heterocycles.